The first-order valence-electron chi connectivity index (χ1n) is 9.21. The maximum absolute atomic E-state index is 12.9. The van der Waals surface area contributed by atoms with Crippen molar-refractivity contribution in [3.63, 3.8) is 0 Å². The molecule has 0 saturated carbocycles. The van der Waals surface area contributed by atoms with Crippen LogP contribution < -0.4 is 9.47 Å². The second-order valence-corrected chi connectivity index (χ2v) is 7.42. The van der Waals surface area contributed by atoms with Crippen molar-refractivity contribution in [2.75, 3.05) is 26.5 Å². The molecule has 3 heterocycles. The Balaban J connectivity index is 1.44. The SMILES string of the molecule is COc1ccc(OC)c([C@H]2CCCN2C(=O)CSc2nnc(-c3ccco3)o2)c1. The number of rotatable bonds is 7. The summed E-state index contributed by atoms with van der Waals surface area (Å²) in [6, 6.07) is 9.11. The van der Waals surface area contributed by atoms with Crippen LogP contribution in [0.1, 0.15) is 24.4 Å². The quantitative estimate of drug-likeness (QED) is 0.538. The molecular formula is C20H21N3O5S. The molecule has 1 fully saturated rings. The minimum atomic E-state index is -0.0467. The van der Waals surface area contributed by atoms with Crippen LogP contribution in [0.5, 0.6) is 11.5 Å². The van der Waals surface area contributed by atoms with Gasteiger partial charge in [0.05, 0.1) is 32.3 Å². The van der Waals surface area contributed by atoms with Gasteiger partial charge in [-0.25, -0.2) is 0 Å². The van der Waals surface area contributed by atoms with Crippen molar-refractivity contribution < 1.29 is 23.1 Å². The van der Waals surface area contributed by atoms with Crippen molar-refractivity contribution in [3.8, 4) is 23.1 Å². The summed E-state index contributed by atoms with van der Waals surface area (Å²) in [6.07, 6.45) is 3.35. The lowest BCUT2D eigenvalue weighted by atomic mass is 10.0. The molecule has 9 heteroatoms. The highest BCUT2D eigenvalue weighted by atomic mass is 32.2. The number of furan rings is 1. The molecule has 0 bridgehead atoms. The van der Waals surface area contributed by atoms with E-state index in [2.05, 4.69) is 10.2 Å². The van der Waals surface area contributed by atoms with Crippen molar-refractivity contribution in [2.24, 2.45) is 0 Å². The van der Waals surface area contributed by atoms with Gasteiger partial charge in [-0.1, -0.05) is 11.8 Å². The second kappa shape index (κ2) is 8.60. The fourth-order valence-corrected chi connectivity index (χ4v) is 4.11. The normalized spacial score (nSPS) is 16.2. The number of likely N-dealkylation sites (tertiary alicyclic amines) is 1. The average molecular weight is 415 g/mol. The van der Waals surface area contributed by atoms with Crippen molar-refractivity contribution >= 4 is 17.7 Å². The number of nitrogens with zero attached hydrogens (tertiary/aromatic N) is 3. The standard InChI is InChI=1S/C20H21N3O5S/c1-25-13-7-8-16(26-2)14(11-13)15-5-3-9-23(15)18(24)12-29-20-22-21-19(28-20)17-6-4-10-27-17/h4,6-8,10-11,15H,3,5,9,12H2,1-2H3/t15-/m1/s1. The third-order valence-electron chi connectivity index (χ3n) is 4.83. The molecule has 0 N–H and O–H groups in total. The van der Waals surface area contributed by atoms with Crippen LogP contribution in [0.4, 0.5) is 0 Å². The van der Waals surface area contributed by atoms with Gasteiger partial charge < -0.3 is 23.2 Å². The fourth-order valence-electron chi connectivity index (χ4n) is 3.46. The van der Waals surface area contributed by atoms with Crippen molar-refractivity contribution in [2.45, 2.75) is 24.1 Å². The molecule has 0 aliphatic carbocycles. The molecule has 1 atom stereocenters. The molecule has 29 heavy (non-hydrogen) atoms. The monoisotopic (exact) mass is 415 g/mol. The van der Waals surface area contributed by atoms with Crippen LogP contribution in [-0.2, 0) is 4.79 Å². The number of ether oxygens (including phenoxy) is 2. The molecule has 1 aliphatic rings. The van der Waals surface area contributed by atoms with Crippen LogP contribution in [0.15, 0.2) is 50.7 Å². The number of amides is 1. The Labute approximate surface area is 172 Å². The number of thioether (sulfide) groups is 1. The Morgan fingerprint density at radius 3 is 2.93 bits per heavy atom. The van der Waals surface area contributed by atoms with E-state index in [1.54, 1.807) is 26.4 Å². The van der Waals surface area contributed by atoms with E-state index in [-0.39, 0.29) is 17.7 Å². The Morgan fingerprint density at radius 2 is 2.17 bits per heavy atom. The molecule has 2 aromatic heterocycles. The van der Waals surface area contributed by atoms with Crippen LogP contribution in [-0.4, -0.2) is 47.5 Å². The molecule has 1 amide bonds. The van der Waals surface area contributed by atoms with Gasteiger partial charge in [0.1, 0.15) is 11.5 Å². The van der Waals surface area contributed by atoms with Crippen LogP contribution >= 0.6 is 11.8 Å². The first kappa shape index (κ1) is 19.4. The number of benzene rings is 1. The molecule has 0 spiro atoms. The van der Waals surface area contributed by atoms with Gasteiger partial charge in [0.25, 0.3) is 11.1 Å². The average Bonchev–Trinajstić information content (AvgIpc) is 3.52. The van der Waals surface area contributed by atoms with E-state index in [1.165, 1.54) is 18.0 Å². The minimum absolute atomic E-state index is 0.0140. The van der Waals surface area contributed by atoms with E-state index in [9.17, 15) is 4.79 Å². The van der Waals surface area contributed by atoms with Crippen LogP contribution in [0.25, 0.3) is 11.7 Å². The zero-order valence-electron chi connectivity index (χ0n) is 16.2. The molecule has 3 aromatic rings. The molecule has 0 unspecified atom stereocenters. The smallest absolute Gasteiger partial charge is 0.284 e. The summed E-state index contributed by atoms with van der Waals surface area (Å²) >= 11 is 1.22. The van der Waals surface area contributed by atoms with E-state index in [1.807, 2.05) is 23.1 Å². The Kier molecular flexibility index (Phi) is 5.75. The van der Waals surface area contributed by atoms with Gasteiger partial charge in [0.15, 0.2) is 5.76 Å². The molecular weight excluding hydrogens is 394 g/mol. The third kappa shape index (κ3) is 4.09. The summed E-state index contributed by atoms with van der Waals surface area (Å²) in [5.74, 6) is 2.52. The highest BCUT2D eigenvalue weighted by molar-refractivity contribution is 7.99. The summed E-state index contributed by atoms with van der Waals surface area (Å²) in [7, 11) is 3.26. The summed E-state index contributed by atoms with van der Waals surface area (Å²) in [6.45, 7) is 0.700. The lowest BCUT2D eigenvalue weighted by molar-refractivity contribution is -0.129. The van der Waals surface area contributed by atoms with Gasteiger partial charge in [0.2, 0.25) is 5.91 Å². The summed E-state index contributed by atoms with van der Waals surface area (Å²) < 4.78 is 21.7. The van der Waals surface area contributed by atoms with E-state index >= 15 is 0 Å². The van der Waals surface area contributed by atoms with E-state index in [0.717, 1.165) is 29.9 Å². The predicted molar refractivity (Wildman–Crippen MR) is 106 cm³/mol. The fraction of sp³-hybridized carbons (Fsp3) is 0.350. The van der Waals surface area contributed by atoms with Crippen molar-refractivity contribution in [1.29, 1.82) is 0 Å². The highest BCUT2D eigenvalue weighted by Gasteiger charge is 2.32. The number of aromatic nitrogens is 2. The highest BCUT2D eigenvalue weighted by Crippen LogP contribution is 2.39. The van der Waals surface area contributed by atoms with Gasteiger partial charge in [-0.05, 0) is 43.2 Å². The van der Waals surface area contributed by atoms with Gasteiger partial charge in [-0.2, -0.15) is 0 Å². The summed E-state index contributed by atoms with van der Waals surface area (Å²) in [5, 5.41) is 8.26. The molecule has 152 valence electrons. The van der Waals surface area contributed by atoms with Gasteiger partial charge in [0, 0.05) is 12.1 Å². The molecule has 8 nitrogen and oxygen atoms in total. The largest absolute Gasteiger partial charge is 0.497 e. The lowest BCUT2D eigenvalue weighted by Gasteiger charge is -2.26. The Hall–Kier alpha value is -2.94. The minimum Gasteiger partial charge on any atom is -0.497 e. The van der Waals surface area contributed by atoms with Crippen molar-refractivity contribution in [3.05, 3.63) is 42.2 Å². The number of methoxy groups -OCH3 is 2. The first-order valence-corrected chi connectivity index (χ1v) is 10.2. The zero-order chi connectivity index (χ0) is 20.2. The molecule has 1 aromatic carbocycles. The zero-order valence-corrected chi connectivity index (χ0v) is 17.0. The predicted octanol–water partition coefficient (Wildman–Crippen LogP) is 3.80. The molecule has 0 radical (unpaired) electrons. The van der Waals surface area contributed by atoms with Crippen molar-refractivity contribution in [1.82, 2.24) is 15.1 Å². The van der Waals surface area contributed by atoms with Crippen LogP contribution in [0.3, 0.4) is 0 Å². The first-order chi connectivity index (χ1) is 14.2. The summed E-state index contributed by atoms with van der Waals surface area (Å²) in [4.78, 5) is 14.8. The van der Waals surface area contributed by atoms with Crippen LogP contribution in [0, 0.1) is 0 Å². The third-order valence-corrected chi connectivity index (χ3v) is 5.63. The topological polar surface area (TPSA) is 90.8 Å². The van der Waals surface area contributed by atoms with Gasteiger partial charge in [-0.3, -0.25) is 4.79 Å². The molecule has 1 aliphatic heterocycles. The molecule has 4 rings (SSSR count). The van der Waals surface area contributed by atoms with E-state index < -0.39 is 0 Å². The van der Waals surface area contributed by atoms with E-state index in [0.29, 0.717) is 23.4 Å². The second-order valence-electron chi connectivity index (χ2n) is 6.49. The maximum atomic E-state index is 12.9. The Bertz CT molecular complexity index is 972. The van der Waals surface area contributed by atoms with E-state index in [4.69, 9.17) is 18.3 Å². The lowest BCUT2D eigenvalue weighted by Crippen LogP contribution is -2.32. The van der Waals surface area contributed by atoms with Crippen LogP contribution in [0.2, 0.25) is 0 Å². The maximum Gasteiger partial charge on any atom is 0.284 e. The Morgan fingerprint density at radius 1 is 1.28 bits per heavy atom. The molecule has 1 saturated heterocycles. The number of carbonyl (C=O) groups excluding carboxylic acids is 1. The van der Waals surface area contributed by atoms with Gasteiger partial charge >= 0.3 is 0 Å². The van der Waals surface area contributed by atoms with Gasteiger partial charge in [-0.15, -0.1) is 10.2 Å². The number of hydrogen-bond donors (Lipinski definition) is 0. The number of carbonyl (C=O) groups is 1. The number of hydrogen-bond acceptors (Lipinski definition) is 8. The summed E-state index contributed by atoms with van der Waals surface area (Å²) in [5.41, 5.74) is 0.959.